The quantitative estimate of drug-likeness (QED) is 0.907. The van der Waals surface area contributed by atoms with E-state index in [1.165, 1.54) is 11.1 Å². The maximum Gasteiger partial charge on any atom is 0.125 e. The highest BCUT2D eigenvalue weighted by Crippen LogP contribution is 2.34. The fourth-order valence-corrected chi connectivity index (χ4v) is 3.51. The van der Waals surface area contributed by atoms with Gasteiger partial charge in [-0.25, -0.2) is 0 Å². The number of morpholine rings is 1. The predicted octanol–water partition coefficient (Wildman–Crippen LogP) is 1.58. The number of benzene rings is 1. The average Bonchev–Trinajstić information content (AvgIpc) is 2.86. The molecule has 0 aromatic heterocycles. The minimum Gasteiger partial charge on any atom is -0.493 e. The first-order chi connectivity index (χ1) is 9.63. The molecule has 2 heterocycles. The molecule has 4 nitrogen and oxygen atoms in total. The highest BCUT2D eigenvalue weighted by Gasteiger charge is 2.26. The van der Waals surface area contributed by atoms with Crippen molar-refractivity contribution in [1.82, 2.24) is 4.90 Å². The van der Waals surface area contributed by atoms with Gasteiger partial charge in [0.1, 0.15) is 5.75 Å². The van der Waals surface area contributed by atoms with Crippen molar-refractivity contribution in [2.75, 3.05) is 33.4 Å². The van der Waals surface area contributed by atoms with E-state index < -0.39 is 0 Å². The van der Waals surface area contributed by atoms with E-state index in [-0.39, 0.29) is 12.1 Å². The zero-order valence-corrected chi connectivity index (χ0v) is 13.4. The third-order valence-electron chi connectivity index (χ3n) is 4.06. The number of ether oxygens (including phenoxy) is 2. The minimum absolute atomic E-state index is 0.000324. The van der Waals surface area contributed by atoms with Crippen LogP contribution in [0.1, 0.15) is 11.1 Å². The Morgan fingerprint density at radius 3 is 3.10 bits per heavy atom. The summed E-state index contributed by atoms with van der Waals surface area (Å²) in [6.45, 7) is 3.43. The second-order valence-electron chi connectivity index (χ2n) is 5.69. The van der Waals surface area contributed by atoms with E-state index in [2.05, 4.69) is 40.0 Å². The molecule has 2 unspecified atom stereocenters. The first kappa shape index (κ1) is 14.3. The molecule has 0 radical (unpaired) electrons. The van der Waals surface area contributed by atoms with Crippen molar-refractivity contribution in [2.24, 2.45) is 5.73 Å². The molecule has 3 rings (SSSR count). The Labute approximate surface area is 128 Å². The van der Waals surface area contributed by atoms with Gasteiger partial charge in [-0.1, -0.05) is 15.9 Å². The zero-order chi connectivity index (χ0) is 14.1. The van der Waals surface area contributed by atoms with Gasteiger partial charge in [0.25, 0.3) is 0 Å². The lowest BCUT2D eigenvalue weighted by Crippen LogP contribution is -2.50. The molecule has 1 aromatic carbocycles. The second-order valence-corrected chi connectivity index (χ2v) is 6.61. The summed E-state index contributed by atoms with van der Waals surface area (Å²) in [6, 6.07) is 4.26. The molecule has 20 heavy (non-hydrogen) atoms. The molecule has 2 aliphatic rings. The van der Waals surface area contributed by atoms with Crippen LogP contribution in [-0.4, -0.2) is 50.4 Å². The van der Waals surface area contributed by atoms with Crippen molar-refractivity contribution in [2.45, 2.75) is 25.0 Å². The Hall–Kier alpha value is -0.620. The number of fused-ring (bicyclic) bond motifs is 1. The Kier molecular flexibility index (Phi) is 4.31. The van der Waals surface area contributed by atoms with Crippen molar-refractivity contribution in [1.29, 1.82) is 0 Å². The van der Waals surface area contributed by atoms with Gasteiger partial charge < -0.3 is 20.1 Å². The molecule has 2 N–H and O–H groups in total. The van der Waals surface area contributed by atoms with Crippen LogP contribution in [0.15, 0.2) is 16.6 Å². The van der Waals surface area contributed by atoms with Crippen LogP contribution in [0.25, 0.3) is 0 Å². The van der Waals surface area contributed by atoms with Crippen molar-refractivity contribution in [3.63, 3.8) is 0 Å². The van der Waals surface area contributed by atoms with Crippen LogP contribution in [-0.2, 0) is 17.6 Å². The molecular weight excluding hydrogens is 320 g/mol. The molecule has 0 amide bonds. The van der Waals surface area contributed by atoms with Crippen LogP contribution < -0.4 is 10.5 Å². The fourth-order valence-electron chi connectivity index (χ4n) is 2.95. The van der Waals surface area contributed by atoms with Gasteiger partial charge in [-0.15, -0.1) is 0 Å². The molecule has 0 spiro atoms. The van der Waals surface area contributed by atoms with E-state index in [1.807, 2.05) is 0 Å². The summed E-state index contributed by atoms with van der Waals surface area (Å²) in [5, 5.41) is 0. The summed E-state index contributed by atoms with van der Waals surface area (Å²) in [6.07, 6.45) is 1.88. The maximum atomic E-state index is 6.36. The third kappa shape index (κ3) is 3.01. The number of rotatable bonds is 3. The molecule has 1 aromatic rings. The Balaban J connectivity index is 1.74. The van der Waals surface area contributed by atoms with Crippen LogP contribution in [0.4, 0.5) is 0 Å². The molecule has 0 bridgehead atoms. The van der Waals surface area contributed by atoms with Crippen LogP contribution in [0, 0.1) is 0 Å². The molecule has 2 atom stereocenters. The first-order valence-electron chi connectivity index (χ1n) is 7.13. The molecule has 0 saturated carbocycles. The SMILES string of the molecule is CN1CCOC(C(N)Cc2cc(Br)cc3c2OCC3)C1. The number of halogens is 1. The summed E-state index contributed by atoms with van der Waals surface area (Å²) in [4.78, 5) is 2.27. The minimum atomic E-state index is 0.000324. The Morgan fingerprint density at radius 2 is 2.30 bits per heavy atom. The number of likely N-dealkylation sites (N-methyl/N-ethyl adjacent to an activating group) is 1. The predicted molar refractivity (Wildman–Crippen MR) is 82.3 cm³/mol. The summed E-state index contributed by atoms with van der Waals surface area (Å²) in [5.41, 5.74) is 8.84. The van der Waals surface area contributed by atoms with Gasteiger partial charge in [0.15, 0.2) is 0 Å². The molecule has 0 aliphatic carbocycles. The van der Waals surface area contributed by atoms with Crippen LogP contribution >= 0.6 is 15.9 Å². The number of nitrogens with two attached hydrogens (primary N) is 1. The van der Waals surface area contributed by atoms with E-state index in [0.717, 1.165) is 49.4 Å². The van der Waals surface area contributed by atoms with Gasteiger partial charge in [0.2, 0.25) is 0 Å². The van der Waals surface area contributed by atoms with Crippen molar-refractivity contribution in [3.05, 3.63) is 27.7 Å². The standard InChI is InChI=1S/C15H21BrN2O2/c1-18-3-5-19-14(9-18)13(17)8-11-7-12(16)6-10-2-4-20-15(10)11/h6-7,13-14H,2-5,8-9,17H2,1H3. The normalized spacial score (nSPS) is 24.2. The average molecular weight is 341 g/mol. The number of nitrogens with zero attached hydrogens (tertiary/aromatic N) is 1. The molecule has 5 heteroatoms. The van der Waals surface area contributed by atoms with Crippen LogP contribution in [0.5, 0.6) is 5.75 Å². The Bertz CT molecular complexity index is 495. The molecular formula is C15H21BrN2O2. The van der Waals surface area contributed by atoms with Gasteiger partial charge in [-0.3, -0.25) is 0 Å². The van der Waals surface area contributed by atoms with Gasteiger partial charge in [0.05, 0.1) is 19.3 Å². The Morgan fingerprint density at radius 1 is 1.45 bits per heavy atom. The van der Waals surface area contributed by atoms with Crippen LogP contribution in [0.2, 0.25) is 0 Å². The maximum absolute atomic E-state index is 6.36. The topological polar surface area (TPSA) is 47.7 Å². The summed E-state index contributed by atoms with van der Waals surface area (Å²) in [5.74, 6) is 1.04. The fraction of sp³-hybridized carbons (Fsp3) is 0.600. The summed E-state index contributed by atoms with van der Waals surface area (Å²) in [7, 11) is 2.11. The molecule has 110 valence electrons. The first-order valence-corrected chi connectivity index (χ1v) is 7.92. The number of hydrogen-bond acceptors (Lipinski definition) is 4. The van der Waals surface area contributed by atoms with Gasteiger partial charge in [0, 0.05) is 30.0 Å². The smallest absolute Gasteiger partial charge is 0.125 e. The van der Waals surface area contributed by atoms with Gasteiger partial charge in [-0.05, 0) is 36.7 Å². The van der Waals surface area contributed by atoms with Crippen LogP contribution in [0.3, 0.4) is 0 Å². The largest absolute Gasteiger partial charge is 0.493 e. The molecule has 2 aliphatic heterocycles. The van der Waals surface area contributed by atoms with Crippen molar-refractivity contribution in [3.8, 4) is 5.75 Å². The number of hydrogen-bond donors (Lipinski definition) is 1. The lowest BCUT2D eigenvalue weighted by Gasteiger charge is -2.33. The summed E-state index contributed by atoms with van der Waals surface area (Å²) < 4.78 is 12.7. The lowest BCUT2D eigenvalue weighted by molar-refractivity contribution is -0.0319. The van der Waals surface area contributed by atoms with E-state index in [1.54, 1.807) is 0 Å². The second kappa shape index (κ2) is 6.02. The summed E-state index contributed by atoms with van der Waals surface area (Å²) >= 11 is 3.58. The van der Waals surface area contributed by atoms with E-state index in [0.29, 0.717) is 0 Å². The monoisotopic (exact) mass is 340 g/mol. The van der Waals surface area contributed by atoms with E-state index in [4.69, 9.17) is 15.2 Å². The van der Waals surface area contributed by atoms with Crippen molar-refractivity contribution >= 4 is 15.9 Å². The highest BCUT2D eigenvalue weighted by atomic mass is 79.9. The van der Waals surface area contributed by atoms with Gasteiger partial charge >= 0.3 is 0 Å². The van der Waals surface area contributed by atoms with E-state index in [9.17, 15) is 0 Å². The van der Waals surface area contributed by atoms with Gasteiger partial charge in [-0.2, -0.15) is 0 Å². The third-order valence-corrected chi connectivity index (χ3v) is 4.51. The molecule has 1 saturated heterocycles. The van der Waals surface area contributed by atoms with Crippen molar-refractivity contribution < 1.29 is 9.47 Å². The zero-order valence-electron chi connectivity index (χ0n) is 11.8. The highest BCUT2D eigenvalue weighted by molar-refractivity contribution is 9.10. The van der Waals surface area contributed by atoms with E-state index >= 15 is 0 Å². The molecule has 1 fully saturated rings. The lowest BCUT2D eigenvalue weighted by atomic mass is 9.98.